The van der Waals surface area contributed by atoms with Crippen LogP contribution >= 0.6 is 0 Å². The van der Waals surface area contributed by atoms with Gasteiger partial charge in [0.25, 0.3) is 0 Å². The zero-order valence-electron chi connectivity index (χ0n) is 18.2. The maximum Gasteiger partial charge on any atom is 0.411 e. The maximum atomic E-state index is 12.6. The number of hydrogen-bond donors (Lipinski definition) is 1. The van der Waals surface area contributed by atoms with Crippen molar-refractivity contribution in [3.63, 3.8) is 0 Å². The molecule has 0 atom stereocenters. The average Bonchev–Trinajstić information content (AvgIpc) is 3.30. The molecule has 2 heterocycles. The molecule has 0 bridgehead atoms. The first-order valence-corrected chi connectivity index (χ1v) is 10.5. The van der Waals surface area contributed by atoms with Crippen molar-refractivity contribution in [2.75, 3.05) is 11.9 Å². The largest absolute Gasteiger partial charge is 0.489 e. The van der Waals surface area contributed by atoms with E-state index >= 15 is 0 Å². The number of para-hydroxylation sites is 1. The van der Waals surface area contributed by atoms with Crippen LogP contribution in [0.15, 0.2) is 80.6 Å². The molecule has 0 aliphatic heterocycles. The first-order chi connectivity index (χ1) is 16.5. The van der Waals surface area contributed by atoms with Gasteiger partial charge in [0.05, 0.1) is 12.9 Å². The second-order valence-electron chi connectivity index (χ2n) is 7.10. The molecule has 1 amide bonds. The van der Waals surface area contributed by atoms with Gasteiger partial charge in [-0.3, -0.25) is 5.32 Å². The van der Waals surface area contributed by atoms with Gasteiger partial charge < -0.3 is 23.0 Å². The third-order valence-electron chi connectivity index (χ3n) is 4.78. The van der Waals surface area contributed by atoms with Crippen LogP contribution in [0.4, 0.5) is 10.5 Å². The normalized spacial score (nSPS) is 10.6. The topological polar surface area (TPSA) is 117 Å². The number of nitrogens with one attached hydrogen (secondary N) is 1. The Kier molecular flexibility index (Phi) is 6.92. The Morgan fingerprint density at radius 1 is 0.941 bits per heavy atom. The Balaban J connectivity index is 1.46. The fourth-order valence-corrected chi connectivity index (χ4v) is 3.23. The number of anilines is 1. The van der Waals surface area contributed by atoms with Gasteiger partial charge in [-0.15, -0.1) is 0 Å². The number of benzene rings is 2. The summed E-state index contributed by atoms with van der Waals surface area (Å²) in [6.45, 7) is 1.85. The molecule has 1 N–H and O–H groups in total. The summed E-state index contributed by atoms with van der Waals surface area (Å²) in [6.07, 6.45) is 0.755. The van der Waals surface area contributed by atoms with Gasteiger partial charge in [0.15, 0.2) is 0 Å². The van der Waals surface area contributed by atoms with E-state index in [9.17, 15) is 14.4 Å². The minimum atomic E-state index is -0.696. The molecule has 0 radical (unpaired) electrons. The minimum absolute atomic E-state index is 0.0177. The Hall–Kier alpha value is -4.53. The van der Waals surface area contributed by atoms with Crippen LogP contribution in [-0.4, -0.2) is 18.7 Å². The fraction of sp³-hybridized carbons (Fsp3) is 0.160. The molecular formula is C25H21NO8. The zero-order chi connectivity index (χ0) is 23.9. The standard InChI is InChI=1S/C25H21NO8/c1-2-30-25(29)26-18-8-9-20-17(12-22(27)34-21(20)13-18)15-33-24(28)23-16(10-11-31-23)14-32-19-6-4-3-5-7-19/h3-13H,2,14-15H2,1H3,(H,26,29). The summed E-state index contributed by atoms with van der Waals surface area (Å²) in [5, 5.41) is 3.09. The van der Waals surface area contributed by atoms with E-state index in [1.165, 1.54) is 18.4 Å². The molecule has 0 unspecified atom stereocenters. The minimum Gasteiger partial charge on any atom is -0.489 e. The summed E-state index contributed by atoms with van der Waals surface area (Å²) >= 11 is 0. The second-order valence-corrected chi connectivity index (χ2v) is 7.10. The number of rotatable bonds is 8. The number of amides is 1. The monoisotopic (exact) mass is 463 g/mol. The van der Waals surface area contributed by atoms with E-state index < -0.39 is 17.7 Å². The van der Waals surface area contributed by atoms with E-state index in [1.54, 1.807) is 37.3 Å². The Morgan fingerprint density at radius 2 is 1.76 bits per heavy atom. The summed E-state index contributed by atoms with van der Waals surface area (Å²) in [5.41, 5.74) is 0.961. The van der Waals surface area contributed by atoms with Crippen LogP contribution < -0.4 is 15.7 Å². The summed E-state index contributed by atoms with van der Waals surface area (Å²) in [7, 11) is 0. The molecule has 0 spiro atoms. The lowest BCUT2D eigenvalue weighted by Gasteiger charge is -2.09. The molecule has 0 aliphatic rings. The van der Waals surface area contributed by atoms with Gasteiger partial charge in [-0.25, -0.2) is 14.4 Å². The van der Waals surface area contributed by atoms with E-state index in [0.29, 0.717) is 28.0 Å². The van der Waals surface area contributed by atoms with Crippen molar-refractivity contribution in [2.45, 2.75) is 20.1 Å². The Morgan fingerprint density at radius 3 is 2.56 bits per heavy atom. The molecule has 0 fully saturated rings. The summed E-state index contributed by atoms with van der Waals surface area (Å²) < 4.78 is 26.4. The van der Waals surface area contributed by atoms with Crippen LogP contribution in [0.3, 0.4) is 0 Å². The first kappa shape index (κ1) is 22.7. The van der Waals surface area contributed by atoms with E-state index in [1.807, 2.05) is 18.2 Å². The molecule has 2 aromatic carbocycles. The first-order valence-electron chi connectivity index (χ1n) is 10.5. The number of furan rings is 1. The lowest BCUT2D eigenvalue weighted by atomic mass is 10.1. The molecule has 4 rings (SSSR count). The van der Waals surface area contributed by atoms with Crippen molar-refractivity contribution in [3.05, 3.63) is 94.2 Å². The maximum absolute atomic E-state index is 12.6. The third kappa shape index (κ3) is 5.44. The summed E-state index contributed by atoms with van der Waals surface area (Å²) in [4.78, 5) is 36.3. The summed E-state index contributed by atoms with van der Waals surface area (Å²) in [5.74, 6) is -0.0231. The fourth-order valence-electron chi connectivity index (χ4n) is 3.23. The zero-order valence-corrected chi connectivity index (χ0v) is 18.2. The molecule has 2 aromatic heterocycles. The van der Waals surface area contributed by atoms with Gasteiger partial charge in [-0.2, -0.15) is 0 Å². The van der Waals surface area contributed by atoms with Crippen molar-refractivity contribution in [1.29, 1.82) is 0 Å². The highest BCUT2D eigenvalue weighted by molar-refractivity contribution is 5.90. The van der Waals surface area contributed by atoms with Crippen LogP contribution in [0.2, 0.25) is 0 Å². The van der Waals surface area contributed by atoms with Crippen LogP contribution in [0.5, 0.6) is 5.75 Å². The van der Waals surface area contributed by atoms with Crippen molar-refractivity contribution in [1.82, 2.24) is 0 Å². The third-order valence-corrected chi connectivity index (χ3v) is 4.78. The highest BCUT2D eigenvalue weighted by Crippen LogP contribution is 2.23. The van der Waals surface area contributed by atoms with Gasteiger partial charge >= 0.3 is 17.7 Å². The van der Waals surface area contributed by atoms with E-state index in [2.05, 4.69) is 5.32 Å². The Bertz CT molecular complexity index is 1360. The van der Waals surface area contributed by atoms with Crippen molar-refractivity contribution in [3.8, 4) is 5.75 Å². The van der Waals surface area contributed by atoms with Crippen LogP contribution in [-0.2, 0) is 22.7 Å². The van der Waals surface area contributed by atoms with Gasteiger partial charge in [-0.1, -0.05) is 18.2 Å². The van der Waals surface area contributed by atoms with Gasteiger partial charge in [0.2, 0.25) is 5.76 Å². The molecule has 9 nitrogen and oxygen atoms in total. The van der Waals surface area contributed by atoms with Crippen LogP contribution in [0.1, 0.15) is 28.6 Å². The number of carbonyl (C=O) groups excluding carboxylic acids is 2. The van der Waals surface area contributed by atoms with Crippen molar-refractivity contribution >= 4 is 28.7 Å². The molecule has 0 saturated carbocycles. The van der Waals surface area contributed by atoms with Gasteiger partial charge in [0, 0.05) is 34.3 Å². The molecule has 34 heavy (non-hydrogen) atoms. The molecular weight excluding hydrogens is 442 g/mol. The average molecular weight is 463 g/mol. The quantitative estimate of drug-likeness (QED) is 0.290. The molecule has 0 aliphatic carbocycles. The molecule has 4 aromatic rings. The highest BCUT2D eigenvalue weighted by atomic mass is 16.6. The van der Waals surface area contributed by atoms with Crippen molar-refractivity contribution in [2.24, 2.45) is 0 Å². The van der Waals surface area contributed by atoms with E-state index in [4.69, 9.17) is 23.0 Å². The number of ether oxygens (including phenoxy) is 3. The van der Waals surface area contributed by atoms with Crippen LogP contribution in [0, 0.1) is 0 Å². The predicted molar refractivity (Wildman–Crippen MR) is 122 cm³/mol. The van der Waals surface area contributed by atoms with Crippen LogP contribution in [0.25, 0.3) is 11.0 Å². The smallest absolute Gasteiger partial charge is 0.411 e. The van der Waals surface area contributed by atoms with E-state index in [-0.39, 0.29) is 31.2 Å². The van der Waals surface area contributed by atoms with E-state index in [0.717, 1.165) is 0 Å². The molecule has 0 saturated heterocycles. The number of hydrogen-bond acceptors (Lipinski definition) is 8. The predicted octanol–water partition coefficient (Wildman–Crippen LogP) is 4.89. The SMILES string of the molecule is CCOC(=O)Nc1ccc2c(COC(=O)c3occc3COc3ccccc3)cc(=O)oc2c1. The number of fused-ring (bicyclic) bond motifs is 1. The number of carbonyl (C=O) groups is 2. The lowest BCUT2D eigenvalue weighted by molar-refractivity contribution is 0.0433. The second kappa shape index (κ2) is 10.4. The summed E-state index contributed by atoms with van der Waals surface area (Å²) in [6, 6.07) is 16.8. The van der Waals surface area contributed by atoms with Crippen molar-refractivity contribution < 1.29 is 32.6 Å². The Labute approximate surface area is 193 Å². The van der Waals surface area contributed by atoms with Gasteiger partial charge in [-0.05, 0) is 37.3 Å². The highest BCUT2D eigenvalue weighted by Gasteiger charge is 2.19. The molecule has 9 heteroatoms. The lowest BCUT2D eigenvalue weighted by Crippen LogP contribution is -2.13. The molecule has 174 valence electrons. The number of esters is 1. The van der Waals surface area contributed by atoms with Gasteiger partial charge in [0.1, 0.15) is 24.5 Å².